The molecule has 0 aliphatic rings. The predicted molar refractivity (Wildman–Crippen MR) is 194 cm³/mol. The molecule has 248 valence electrons. The summed E-state index contributed by atoms with van der Waals surface area (Å²) in [5, 5.41) is 10.9. The molecular weight excluding hydrogens is 552 g/mol. The Labute approximate surface area is 275 Å². The third-order valence-electron chi connectivity index (χ3n) is 7.96. The molecule has 1 aromatic heterocycles. The number of anilines is 3. The van der Waals surface area contributed by atoms with Crippen LogP contribution >= 0.6 is 0 Å². The van der Waals surface area contributed by atoms with Crippen LogP contribution in [0.1, 0.15) is 131 Å². The van der Waals surface area contributed by atoms with Gasteiger partial charge in [0, 0.05) is 41.8 Å². The third kappa shape index (κ3) is 14.2. The van der Waals surface area contributed by atoms with Crippen LogP contribution in [-0.2, 0) is 12.8 Å². The van der Waals surface area contributed by atoms with Crippen LogP contribution in [0.5, 0.6) is 0 Å². The van der Waals surface area contributed by atoms with Crippen molar-refractivity contribution in [2.45, 2.75) is 139 Å². The molecule has 3 rings (SSSR count). The molecule has 0 aliphatic heterocycles. The summed E-state index contributed by atoms with van der Waals surface area (Å²) in [6.07, 6.45) is 7.11. The lowest BCUT2D eigenvalue weighted by Gasteiger charge is -2.33. The zero-order valence-electron chi connectivity index (χ0n) is 30.2. The van der Waals surface area contributed by atoms with E-state index in [0.717, 1.165) is 41.3 Å². The number of aromatic nitrogens is 3. The Hall–Kier alpha value is -3.15. The Morgan fingerprint density at radius 1 is 0.556 bits per heavy atom. The lowest BCUT2D eigenvalue weighted by molar-refractivity contribution is 0.301. The fourth-order valence-electron chi connectivity index (χ4n) is 6.04. The van der Waals surface area contributed by atoms with E-state index in [1.807, 2.05) is 0 Å². The molecule has 0 amide bonds. The molecule has 45 heavy (non-hydrogen) atoms. The second kappa shape index (κ2) is 16.4. The first-order valence-electron chi connectivity index (χ1n) is 17.3. The number of nitrogens with one attached hydrogen (secondary N) is 3. The minimum Gasteiger partial charge on any atom is -0.383 e. The Morgan fingerprint density at radius 2 is 0.956 bits per heavy atom. The summed E-state index contributed by atoms with van der Waals surface area (Å²) in [6.45, 7) is 24.9. The van der Waals surface area contributed by atoms with Gasteiger partial charge in [-0.2, -0.15) is 9.97 Å². The molecule has 0 bridgehead atoms. The first kappa shape index (κ1) is 36.3. The maximum Gasteiger partial charge on any atom is 0.226 e. The molecular formula is C39H62N6. The van der Waals surface area contributed by atoms with Crippen LogP contribution in [0.3, 0.4) is 0 Å². The van der Waals surface area contributed by atoms with Gasteiger partial charge in [0.25, 0.3) is 0 Å². The van der Waals surface area contributed by atoms with Crippen molar-refractivity contribution < 1.29 is 0 Å². The Morgan fingerprint density at radius 3 is 1.31 bits per heavy atom. The van der Waals surface area contributed by atoms with Crippen LogP contribution in [0.2, 0.25) is 0 Å². The molecule has 0 fully saturated rings. The van der Waals surface area contributed by atoms with Gasteiger partial charge < -0.3 is 16.0 Å². The van der Waals surface area contributed by atoms with E-state index in [4.69, 9.17) is 15.0 Å². The highest BCUT2D eigenvalue weighted by atomic mass is 15.2. The molecule has 2 aromatic carbocycles. The Kier molecular flexibility index (Phi) is 13.3. The van der Waals surface area contributed by atoms with Gasteiger partial charge in [0.2, 0.25) is 5.95 Å². The summed E-state index contributed by atoms with van der Waals surface area (Å²) in [5.74, 6) is 3.68. The topological polar surface area (TPSA) is 74.8 Å². The SMILES string of the molecule is CC(C)CCC(C)Nc1ccc(Cc2nc(Cc3ccc(NC(C)CCC(C)C)cc3)nc(NC(C)(C)CC(C)(C)C)n2)cc1. The molecule has 0 saturated heterocycles. The molecule has 6 nitrogen and oxygen atoms in total. The number of hydrogen-bond acceptors (Lipinski definition) is 6. The van der Waals surface area contributed by atoms with Gasteiger partial charge in [0.05, 0.1) is 0 Å². The normalized spacial score (nSPS) is 13.6. The van der Waals surface area contributed by atoms with Gasteiger partial charge in [-0.1, -0.05) is 72.7 Å². The van der Waals surface area contributed by atoms with E-state index in [2.05, 4.69) is 141 Å². The van der Waals surface area contributed by atoms with E-state index in [1.54, 1.807) is 0 Å². The van der Waals surface area contributed by atoms with Crippen molar-refractivity contribution in [3.63, 3.8) is 0 Å². The summed E-state index contributed by atoms with van der Waals surface area (Å²) in [7, 11) is 0. The molecule has 3 N–H and O–H groups in total. The second-order valence-corrected chi connectivity index (χ2v) is 16.0. The van der Waals surface area contributed by atoms with Gasteiger partial charge in [-0.05, 0) is 112 Å². The van der Waals surface area contributed by atoms with E-state index in [1.165, 1.54) is 36.8 Å². The van der Waals surface area contributed by atoms with Gasteiger partial charge in [0.15, 0.2) is 0 Å². The molecule has 0 spiro atoms. The van der Waals surface area contributed by atoms with Crippen LogP contribution < -0.4 is 16.0 Å². The molecule has 2 unspecified atom stereocenters. The van der Waals surface area contributed by atoms with Crippen LogP contribution in [0.4, 0.5) is 17.3 Å². The van der Waals surface area contributed by atoms with Crippen molar-refractivity contribution >= 4 is 17.3 Å². The average molecular weight is 615 g/mol. The highest BCUT2D eigenvalue weighted by molar-refractivity contribution is 5.47. The molecule has 0 saturated carbocycles. The summed E-state index contributed by atoms with van der Waals surface area (Å²) in [5.41, 5.74) is 4.71. The van der Waals surface area contributed by atoms with Gasteiger partial charge >= 0.3 is 0 Å². The minimum atomic E-state index is -0.159. The van der Waals surface area contributed by atoms with Crippen LogP contribution in [0.25, 0.3) is 0 Å². The molecule has 3 aromatic rings. The first-order valence-corrected chi connectivity index (χ1v) is 17.3. The van der Waals surface area contributed by atoms with E-state index >= 15 is 0 Å². The average Bonchev–Trinajstić information content (AvgIpc) is 2.91. The highest BCUT2D eigenvalue weighted by Gasteiger charge is 2.26. The molecule has 0 radical (unpaired) electrons. The molecule has 1 heterocycles. The van der Waals surface area contributed by atoms with Crippen LogP contribution in [-0.4, -0.2) is 32.6 Å². The lowest BCUT2D eigenvalue weighted by atomic mass is 9.82. The smallest absolute Gasteiger partial charge is 0.226 e. The number of hydrogen-bond donors (Lipinski definition) is 3. The van der Waals surface area contributed by atoms with E-state index < -0.39 is 0 Å². The first-order chi connectivity index (χ1) is 21.0. The summed E-state index contributed by atoms with van der Waals surface area (Å²) in [4.78, 5) is 14.8. The summed E-state index contributed by atoms with van der Waals surface area (Å²) in [6, 6.07) is 18.3. The maximum atomic E-state index is 4.96. The largest absolute Gasteiger partial charge is 0.383 e. The Balaban J connectivity index is 1.77. The maximum absolute atomic E-state index is 4.96. The molecule has 0 aliphatic carbocycles. The minimum absolute atomic E-state index is 0.159. The van der Waals surface area contributed by atoms with Gasteiger partial charge in [0.1, 0.15) is 11.6 Å². The van der Waals surface area contributed by atoms with E-state index in [9.17, 15) is 0 Å². The zero-order valence-corrected chi connectivity index (χ0v) is 30.2. The number of nitrogens with zero attached hydrogens (tertiary/aromatic N) is 3. The monoisotopic (exact) mass is 615 g/mol. The fourth-order valence-corrected chi connectivity index (χ4v) is 6.04. The number of rotatable bonds is 17. The van der Waals surface area contributed by atoms with Crippen LogP contribution in [0, 0.1) is 17.3 Å². The second-order valence-electron chi connectivity index (χ2n) is 16.0. The Bertz CT molecular complexity index is 1200. The fraction of sp³-hybridized carbons (Fsp3) is 0.615. The van der Waals surface area contributed by atoms with E-state index in [0.29, 0.717) is 30.9 Å². The van der Waals surface area contributed by atoms with Gasteiger partial charge in [-0.25, -0.2) is 4.98 Å². The van der Waals surface area contributed by atoms with Crippen molar-refractivity contribution in [3.05, 3.63) is 71.3 Å². The zero-order chi connectivity index (χ0) is 33.2. The predicted octanol–water partition coefficient (Wildman–Crippen LogP) is 10.2. The van der Waals surface area contributed by atoms with Crippen LogP contribution in [0.15, 0.2) is 48.5 Å². The molecule has 2 atom stereocenters. The van der Waals surface area contributed by atoms with Gasteiger partial charge in [-0.3, -0.25) is 0 Å². The summed E-state index contributed by atoms with van der Waals surface area (Å²) < 4.78 is 0. The standard InChI is InChI=1S/C39H62N6/c1-27(2)12-14-29(5)40-33-20-16-31(17-21-33)24-35-42-36(44-37(43-35)45-39(10,11)26-38(7,8)9)25-32-18-22-34(23-19-32)41-30(6)15-13-28(3)4/h16-23,27-30,40-41H,12-15,24-26H2,1-11H3,(H,42,43,44,45). The van der Waals surface area contributed by atoms with Crippen molar-refractivity contribution in [3.8, 4) is 0 Å². The quantitative estimate of drug-likeness (QED) is 0.140. The van der Waals surface area contributed by atoms with Crippen molar-refractivity contribution in [2.75, 3.05) is 16.0 Å². The lowest BCUT2D eigenvalue weighted by Crippen LogP contribution is -2.36. The highest BCUT2D eigenvalue weighted by Crippen LogP contribution is 2.29. The van der Waals surface area contributed by atoms with Crippen molar-refractivity contribution in [1.82, 2.24) is 15.0 Å². The third-order valence-corrected chi connectivity index (χ3v) is 7.96. The van der Waals surface area contributed by atoms with Crippen molar-refractivity contribution in [2.24, 2.45) is 17.3 Å². The van der Waals surface area contributed by atoms with Gasteiger partial charge in [-0.15, -0.1) is 0 Å². The number of benzene rings is 2. The van der Waals surface area contributed by atoms with Crippen molar-refractivity contribution in [1.29, 1.82) is 0 Å². The molecule has 6 heteroatoms. The summed E-state index contributed by atoms with van der Waals surface area (Å²) >= 11 is 0. The van der Waals surface area contributed by atoms with E-state index in [-0.39, 0.29) is 11.0 Å².